The maximum absolute atomic E-state index is 9.69. The predicted octanol–water partition coefficient (Wildman–Crippen LogP) is 4.60. The average molecular weight is 381 g/mol. The quantitative estimate of drug-likeness (QED) is 0.821. The van der Waals surface area contributed by atoms with Gasteiger partial charge in [-0.3, -0.25) is 0 Å². The van der Waals surface area contributed by atoms with E-state index in [4.69, 9.17) is 5.73 Å². The first-order chi connectivity index (χ1) is 14.0. The van der Waals surface area contributed by atoms with Crippen LogP contribution in [-0.2, 0) is 0 Å². The van der Waals surface area contributed by atoms with Crippen molar-refractivity contribution in [2.75, 3.05) is 23.7 Å². The molecule has 2 aromatic rings. The summed E-state index contributed by atoms with van der Waals surface area (Å²) in [4.78, 5) is 6.83. The molecule has 0 bridgehead atoms. The van der Waals surface area contributed by atoms with Gasteiger partial charge < -0.3 is 10.6 Å². The highest BCUT2D eigenvalue weighted by molar-refractivity contribution is 6.08. The number of aryl methyl sites for hydroxylation is 1. The van der Waals surface area contributed by atoms with E-state index in [1.54, 1.807) is 0 Å². The minimum absolute atomic E-state index is 0.177. The lowest BCUT2D eigenvalue weighted by atomic mass is 9.95. The van der Waals surface area contributed by atoms with Crippen molar-refractivity contribution in [1.82, 2.24) is 4.98 Å². The van der Waals surface area contributed by atoms with Crippen molar-refractivity contribution in [2.45, 2.75) is 33.6 Å². The van der Waals surface area contributed by atoms with Gasteiger partial charge >= 0.3 is 0 Å². The predicted molar refractivity (Wildman–Crippen MR) is 117 cm³/mol. The Labute approximate surface area is 171 Å². The summed E-state index contributed by atoms with van der Waals surface area (Å²) >= 11 is 0. The highest BCUT2D eigenvalue weighted by Gasteiger charge is 2.29. The van der Waals surface area contributed by atoms with Crippen molar-refractivity contribution in [3.63, 3.8) is 0 Å². The first-order valence-electron chi connectivity index (χ1n) is 9.85. The molecule has 4 rings (SSSR count). The molecule has 0 spiro atoms. The number of allylic oxidation sites excluding steroid dienone is 3. The van der Waals surface area contributed by atoms with Gasteiger partial charge in [0, 0.05) is 24.3 Å². The van der Waals surface area contributed by atoms with Gasteiger partial charge in [-0.15, -0.1) is 0 Å². The van der Waals surface area contributed by atoms with Crippen LogP contribution in [0.4, 0.5) is 11.5 Å². The SMILES string of the molecule is CC1=C(C#N)c2nc(N)c(C#N)c(C)c2C1=Cc1ccc(N2CCCC2)c(C)c1. The molecule has 1 fully saturated rings. The van der Waals surface area contributed by atoms with Crippen LogP contribution in [0.1, 0.15) is 53.3 Å². The number of rotatable bonds is 2. The maximum atomic E-state index is 9.69. The van der Waals surface area contributed by atoms with Crippen LogP contribution in [0.25, 0.3) is 17.2 Å². The first-order valence-corrected chi connectivity index (χ1v) is 9.85. The van der Waals surface area contributed by atoms with Gasteiger partial charge in [0.25, 0.3) is 0 Å². The zero-order chi connectivity index (χ0) is 20.7. The lowest BCUT2D eigenvalue weighted by Crippen LogP contribution is -2.18. The first kappa shape index (κ1) is 18.8. The molecule has 2 aliphatic rings. The van der Waals surface area contributed by atoms with Crippen LogP contribution in [0.5, 0.6) is 0 Å². The van der Waals surface area contributed by atoms with E-state index in [9.17, 15) is 10.5 Å². The Morgan fingerprint density at radius 3 is 2.45 bits per heavy atom. The second-order valence-corrected chi connectivity index (χ2v) is 7.74. The normalized spacial score (nSPS) is 16.9. The minimum Gasteiger partial charge on any atom is -0.383 e. The summed E-state index contributed by atoms with van der Waals surface area (Å²) in [7, 11) is 0. The Morgan fingerprint density at radius 1 is 1.10 bits per heavy atom. The number of hydrogen-bond donors (Lipinski definition) is 1. The van der Waals surface area contributed by atoms with Crippen LogP contribution in [0, 0.1) is 36.5 Å². The minimum atomic E-state index is 0.177. The molecule has 1 aromatic carbocycles. The van der Waals surface area contributed by atoms with Gasteiger partial charge in [-0.05, 0) is 79.7 Å². The molecule has 1 aromatic heterocycles. The Kier molecular flexibility index (Phi) is 4.60. The van der Waals surface area contributed by atoms with E-state index in [1.165, 1.54) is 24.1 Å². The number of anilines is 2. The Balaban J connectivity index is 1.85. The van der Waals surface area contributed by atoms with Gasteiger partial charge in [0.05, 0.1) is 16.8 Å². The number of benzene rings is 1. The molecule has 1 saturated heterocycles. The highest BCUT2D eigenvalue weighted by atomic mass is 15.1. The third kappa shape index (κ3) is 2.96. The summed E-state index contributed by atoms with van der Waals surface area (Å²) in [5.41, 5.74) is 14.5. The second kappa shape index (κ2) is 7.11. The van der Waals surface area contributed by atoms with E-state index >= 15 is 0 Å². The summed E-state index contributed by atoms with van der Waals surface area (Å²) in [6.45, 7) is 8.18. The fourth-order valence-electron chi connectivity index (χ4n) is 4.44. The van der Waals surface area contributed by atoms with Crippen LogP contribution in [0.15, 0.2) is 23.8 Å². The van der Waals surface area contributed by atoms with Crippen molar-refractivity contribution in [3.8, 4) is 12.1 Å². The summed E-state index contributed by atoms with van der Waals surface area (Å²) in [6.07, 6.45) is 4.59. The molecule has 144 valence electrons. The standard InChI is InChI=1S/C24H23N5/c1-14-10-17(6-7-21(14)29-8-4-5-9-29)11-18-15(2)19(12-25)23-22(18)16(3)20(13-26)24(27)28-23/h6-7,10-11H,4-5,8-9H2,1-3H3,(H2,27,28). The lowest BCUT2D eigenvalue weighted by molar-refractivity contribution is 0.949. The van der Waals surface area contributed by atoms with E-state index in [0.717, 1.165) is 40.9 Å². The van der Waals surface area contributed by atoms with Crippen molar-refractivity contribution in [1.29, 1.82) is 10.5 Å². The van der Waals surface area contributed by atoms with E-state index in [0.29, 0.717) is 16.8 Å². The number of nitrogen functional groups attached to an aromatic ring is 1. The Bertz CT molecular complexity index is 1170. The van der Waals surface area contributed by atoms with Gasteiger partial charge in [0.2, 0.25) is 0 Å². The summed E-state index contributed by atoms with van der Waals surface area (Å²) in [5.74, 6) is 0.177. The van der Waals surface area contributed by atoms with Gasteiger partial charge in [-0.1, -0.05) is 6.07 Å². The number of pyridine rings is 1. The fraction of sp³-hybridized carbons (Fsp3) is 0.292. The van der Waals surface area contributed by atoms with Crippen LogP contribution < -0.4 is 10.6 Å². The molecule has 2 N–H and O–H groups in total. The molecule has 2 heterocycles. The monoisotopic (exact) mass is 381 g/mol. The molecule has 0 radical (unpaired) electrons. The molecule has 1 aliphatic carbocycles. The van der Waals surface area contributed by atoms with Crippen LogP contribution in [0.2, 0.25) is 0 Å². The van der Waals surface area contributed by atoms with E-state index in [1.807, 2.05) is 13.8 Å². The van der Waals surface area contributed by atoms with Gasteiger partial charge in [0.1, 0.15) is 18.0 Å². The highest BCUT2D eigenvalue weighted by Crippen LogP contribution is 2.44. The Morgan fingerprint density at radius 2 is 1.83 bits per heavy atom. The van der Waals surface area contributed by atoms with Gasteiger partial charge in [0.15, 0.2) is 0 Å². The molecular weight excluding hydrogens is 358 g/mol. The second-order valence-electron chi connectivity index (χ2n) is 7.74. The molecule has 0 unspecified atom stereocenters. The van der Waals surface area contributed by atoms with Crippen molar-refractivity contribution < 1.29 is 0 Å². The molecule has 1 aliphatic heterocycles. The van der Waals surface area contributed by atoms with Crippen LogP contribution >= 0.6 is 0 Å². The van der Waals surface area contributed by atoms with Gasteiger partial charge in [-0.2, -0.15) is 10.5 Å². The number of nitriles is 2. The third-order valence-corrected chi connectivity index (χ3v) is 5.96. The summed E-state index contributed by atoms with van der Waals surface area (Å²) < 4.78 is 0. The number of nitrogens with two attached hydrogens (primary N) is 1. The van der Waals surface area contributed by atoms with Gasteiger partial charge in [-0.25, -0.2) is 4.98 Å². The molecule has 0 atom stereocenters. The number of nitrogens with zero attached hydrogens (tertiary/aromatic N) is 4. The lowest BCUT2D eigenvalue weighted by Gasteiger charge is -2.20. The van der Waals surface area contributed by atoms with E-state index in [2.05, 4.69) is 53.2 Å². The Hall–Kier alpha value is -3.57. The largest absolute Gasteiger partial charge is 0.383 e. The number of aromatic nitrogens is 1. The smallest absolute Gasteiger partial charge is 0.142 e. The van der Waals surface area contributed by atoms with Crippen LogP contribution in [-0.4, -0.2) is 18.1 Å². The number of hydrogen-bond acceptors (Lipinski definition) is 5. The molecule has 29 heavy (non-hydrogen) atoms. The summed E-state index contributed by atoms with van der Waals surface area (Å²) in [5, 5.41) is 19.2. The van der Waals surface area contributed by atoms with Crippen molar-refractivity contribution in [2.24, 2.45) is 0 Å². The fourth-order valence-corrected chi connectivity index (χ4v) is 4.44. The maximum Gasteiger partial charge on any atom is 0.142 e. The average Bonchev–Trinajstić information content (AvgIpc) is 3.30. The van der Waals surface area contributed by atoms with Crippen molar-refractivity contribution in [3.05, 3.63) is 57.3 Å². The molecule has 5 nitrogen and oxygen atoms in total. The molecular formula is C24H23N5. The topological polar surface area (TPSA) is 89.7 Å². The summed E-state index contributed by atoms with van der Waals surface area (Å²) in [6, 6.07) is 10.9. The van der Waals surface area contributed by atoms with E-state index in [-0.39, 0.29) is 5.82 Å². The zero-order valence-electron chi connectivity index (χ0n) is 17.0. The van der Waals surface area contributed by atoms with Crippen LogP contribution in [0.3, 0.4) is 0 Å². The molecule has 0 saturated carbocycles. The zero-order valence-corrected chi connectivity index (χ0v) is 17.0. The number of fused-ring (bicyclic) bond motifs is 1. The van der Waals surface area contributed by atoms with Crippen molar-refractivity contribution >= 4 is 28.7 Å². The van der Waals surface area contributed by atoms with E-state index < -0.39 is 0 Å². The molecule has 5 heteroatoms. The molecule has 0 amide bonds. The third-order valence-electron chi connectivity index (χ3n) is 5.96.